The molecule has 4 nitrogen and oxygen atoms in total. The summed E-state index contributed by atoms with van der Waals surface area (Å²) in [6.45, 7) is 2.29. The fourth-order valence-electron chi connectivity index (χ4n) is 2.63. The fourth-order valence-corrected chi connectivity index (χ4v) is 5.14. The Morgan fingerprint density at radius 2 is 2.08 bits per heavy atom. The number of carbonyl (C=O) groups excluding carboxylic acids is 1. The molecule has 0 saturated heterocycles. The molecule has 1 aromatic heterocycles. The second kappa shape index (κ2) is 8.05. The highest BCUT2D eigenvalue weighted by molar-refractivity contribution is 8.01. The van der Waals surface area contributed by atoms with Crippen molar-refractivity contribution in [3.05, 3.63) is 46.8 Å². The molecular weight excluding hydrogens is 338 g/mol. The monoisotopic (exact) mass is 361 g/mol. The molecule has 3 rings (SSSR count). The molecule has 24 heavy (non-hydrogen) atoms. The Hall–Kier alpha value is -1.50. The van der Waals surface area contributed by atoms with E-state index in [1.165, 1.54) is 14.6 Å². The van der Waals surface area contributed by atoms with Crippen LogP contribution in [-0.4, -0.2) is 50.4 Å². The Bertz CT molecular complexity index is 685. The summed E-state index contributed by atoms with van der Waals surface area (Å²) in [7, 11) is 4.02. The first-order valence-corrected chi connectivity index (χ1v) is 9.93. The van der Waals surface area contributed by atoms with Gasteiger partial charge < -0.3 is 10.2 Å². The maximum absolute atomic E-state index is 12.5. The number of likely N-dealkylation sites (N-methyl/N-ethyl adjacent to an activating group) is 1. The van der Waals surface area contributed by atoms with Crippen LogP contribution in [0.3, 0.4) is 0 Å². The third-order valence-electron chi connectivity index (χ3n) is 3.87. The number of fused-ring (bicyclic) bond motifs is 1. The van der Waals surface area contributed by atoms with Gasteiger partial charge in [0.15, 0.2) is 0 Å². The highest BCUT2D eigenvalue weighted by Gasteiger charge is 2.25. The van der Waals surface area contributed by atoms with Crippen LogP contribution in [-0.2, 0) is 6.42 Å². The van der Waals surface area contributed by atoms with Crippen molar-refractivity contribution in [2.45, 2.75) is 10.6 Å². The highest BCUT2D eigenvalue weighted by atomic mass is 32.2. The van der Waals surface area contributed by atoms with Gasteiger partial charge in [-0.15, -0.1) is 23.1 Å². The first-order chi connectivity index (χ1) is 11.6. The Kier molecular flexibility index (Phi) is 5.81. The van der Waals surface area contributed by atoms with Crippen LogP contribution < -0.4 is 10.2 Å². The van der Waals surface area contributed by atoms with Crippen LogP contribution in [0.15, 0.2) is 40.6 Å². The third-order valence-corrected chi connectivity index (χ3v) is 6.25. The molecular formula is C18H23N3OS2. The predicted octanol–water partition coefficient (Wildman–Crippen LogP) is 3.52. The number of nitrogens with one attached hydrogen (secondary N) is 1. The Labute approximate surface area is 151 Å². The number of nitrogens with zero attached hydrogens (tertiary/aromatic N) is 2. The van der Waals surface area contributed by atoms with E-state index in [1.54, 1.807) is 0 Å². The average molecular weight is 362 g/mol. The molecule has 0 saturated carbocycles. The first-order valence-electron chi connectivity index (χ1n) is 8.13. The summed E-state index contributed by atoms with van der Waals surface area (Å²) >= 11 is 3.67. The summed E-state index contributed by atoms with van der Waals surface area (Å²) in [5, 5.41) is 3.02. The summed E-state index contributed by atoms with van der Waals surface area (Å²) in [6, 6.07) is 12.7. The van der Waals surface area contributed by atoms with Crippen LogP contribution in [0, 0.1) is 0 Å². The minimum atomic E-state index is 0.0162. The number of urea groups is 1. The van der Waals surface area contributed by atoms with Gasteiger partial charge in [0.25, 0.3) is 0 Å². The summed E-state index contributed by atoms with van der Waals surface area (Å²) < 4.78 is 1.26. The summed E-state index contributed by atoms with van der Waals surface area (Å²) in [6.07, 6.45) is 0.926. The lowest BCUT2D eigenvalue weighted by Crippen LogP contribution is -2.44. The SMILES string of the molecule is CN(C)CCNC(=O)N1CCSc2sc(Cc3ccccc3)cc21. The van der Waals surface area contributed by atoms with Gasteiger partial charge in [-0.3, -0.25) is 4.90 Å². The molecule has 0 unspecified atom stereocenters. The normalized spacial score (nSPS) is 13.9. The standard InChI is InChI=1S/C18H23N3OS2/c1-20(2)9-8-19-18(22)21-10-11-23-17-16(21)13-15(24-17)12-14-6-4-3-5-7-14/h3-7,13H,8-12H2,1-2H3,(H,19,22). The van der Waals surface area contributed by atoms with E-state index in [4.69, 9.17) is 0 Å². The van der Waals surface area contributed by atoms with Crippen molar-refractivity contribution in [2.75, 3.05) is 44.4 Å². The van der Waals surface area contributed by atoms with Gasteiger partial charge in [-0.2, -0.15) is 0 Å². The van der Waals surface area contributed by atoms with Crippen molar-refractivity contribution < 1.29 is 4.79 Å². The molecule has 1 aliphatic heterocycles. The maximum atomic E-state index is 12.5. The van der Waals surface area contributed by atoms with E-state index in [2.05, 4.69) is 40.5 Å². The molecule has 1 aliphatic rings. The third kappa shape index (κ3) is 4.32. The average Bonchev–Trinajstić information content (AvgIpc) is 2.97. The van der Waals surface area contributed by atoms with Crippen LogP contribution >= 0.6 is 23.1 Å². The van der Waals surface area contributed by atoms with Gasteiger partial charge in [0.1, 0.15) is 0 Å². The first kappa shape index (κ1) is 17.3. The van der Waals surface area contributed by atoms with Crippen molar-refractivity contribution >= 4 is 34.8 Å². The number of hydrogen-bond donors (Lipinski definition) is 1. The van der Waals surface area contributed by atoms with Crippen molar-refractivity contribution in [1.82, 2.24) is 10.2 Å². The quantitative estimate of drug-likeness (QED) is 0.885. The van der Waals surface area contributed by atoms with Gasteiger partial charge in [0.05, 0.1) is 9.90 Å². The predicted molar refractivity (Wildman–Crippen MR) is 104 cm³/mol. The van der Waals surface area contributed by atoms with Crippen molar-refractivity contribution in [3.8, 4) is 0 Å². The number of benzene rings is 1. The van der Waals surface area contributed by atoms with Crippen LogP contribution in [0.4, 0.5) is 10.5 Å². The van der Waals surface area contributed by atoms with Gasteiger partial charge in [0, 0.05) is 36.7 Å². The lowest BCUT2D eigenvalue weighted by atomic mass is 10.1. The molecule has 0 bridgehead atoms. The molecule has 0 aliphatic carbocycles. The Balaban J connectivity index is 1.69. The number of rotatable bonds is 5. The van der Waals surface area contributed by atoms with Gasteiger partial charge in [-0.25, -0.2) is 4.79 Å². The lowest BCUT2D eigenvalue weighted by Gasteiger charge is -2.27. The number of carbonyl (C=O) groups is 1. The van der Waals surface area contributed by atoms with E-state index >= 15 is 0 Å². The van der Waals surface area contributed by atoms with Crippen molar-refractivity contribution in [3.63, 3.8) is 0 Å². The smallest absolute Gasteiger partial charge is 0.322 e. The zero-order valence-corrected chi connectivity index (χ0v) is 15.8. The lowest BCUT2D eigenvalue weighted by molar-refractivity contribution is 0.245. The van der Waals surface area contributed by atoms with E-state index in [0.29, 0.717) is 6.54 Å². The zero-order chi connectivity index (χ0) is 16.9. The maximum Gasteiger partial charge on any atom is 0.322 e. The van der Waals surface area contributed by atoms with E-state index in [-0.39, 0.29) is 6.03 Å². The summed E-state index contributed by atoms with van der Waals surface area (Å²) in [5.41, 5.74) is 2.38. The molecule has 0 fully saturated rings. The molecule has 1 N–H and O–H groups in total. The second-order valence-electron chi connectivity index (χ2n) is 6.08. The van der Waals surface area contributed by atoms with Gasteiger partial charge in [-0.05, 0) is 25.7 Å². The molecule has 0 spiro atoms. The number of thiophene rings is 1. The summed E-state index contributed by atoms with van der Waals surface area (Å²) in [5.74, 6) is 0.958. The van der Waals surface area contributed by atoms with E-state index in [9.17, 15) is 4.79 Å². The molecule has 0 radical (unpaired) electrons. The van der Waals surface area contributed by atoms with Crippen LogP contribution in [0.2, 0.25) is 0 Å². The van der Waals surface area contributed by atoms with E-state index < -0.39 is 0 Å². The molecule has 128 valence electrons. The van der Waals surface area contributed by atoms with Gasteiger partial charge in [-0.1, -0.05) is 30.3 Å². The number of thioether (sulfide) groups is 1. The Morgan fingerprint density at radius 1 is 1.29 bits per heavy atom. The molecule has 2 amide bonds. The van der Waals surface area contributed by atoms with Crippen LogP contribution in [0.1, 0.15) is 10.4 Å². The fraction of sp³-hybridized carbons (Fsp3) is 0.389. The van der Waals surface area contributed by atoms with Gasteiger partial charge >= 0.3 is 6.03 Å². The summed E-state index contributed by atoms with van der Waals surface area (Å²) in [4.78, 5) is 17.8. The molecule has 0 atom stereocenters. The molecule has 6 heteroatoms. The Morgan fingerprint density at radius 3 is 2.83 bits per heavy atom. The minimum absolute atomic E-state index is 0.0162. The number of amides is 2. The topological polar surface area (TPSA) is 35.6 Å². The van der Waals surface area contributed by atoms with Crippen LogP contribution in [0.25, 0.3) is 0 Å². The number of hydrogen-bond acceptors (Lipinski definition) is 4. The largest absolute Gasteiger partial charge is 0.336 e. The van der Waals surface area contributed by atoms with Gasteiger partial charge in [0.2, 0.25) is 0 Å². The van der Waals surface area contributed by atoms with E-state index in [1.807, 2.05) is 48.2 Å². The molecule has 1 aromatic carbocycles. The van der Waals surface area contributed by atoms with E-state index in [0.717, 1.165) is 31.0 Å². The highest BCUT2D eigenvalue weighted by Crippen LogP contribution is 2.42. The van der Waals surface area contributed by atoms with Crippen molar-refractivity contribution in [2.24, 2.45) is 0 Å². The molecule has 2 aromatic rings. The minimum Gasteiger partial charge on any atom is -0.336 e. The number of anilines is 1. The zero-order valence-electron chi connectivity index (χ0n) is 14.1. The molecule has 2 heterocycles. The van der Waals surface area contributed by atoms with Crippen molar-refractivity contribution in [1.29, 1.82) is 0 Å². The second-order valence-corrected chi connectivity index (χ2v) is 8.58. The van der Waals surface area contributed by atoms with Crippen LogP contribution in [0.5, 0.6) is 0 Å².